The Hall–Kier alpha value is -2.21. The number of aromatic nitrogens is 2. The molecule has 0 bridgehead atoms. The molecule has 1 fully saturated rings. The molecule has 0 radical (unpaired) electrons. The molecule has 0 atom stereocenters. The van der Waals surface area contributed by atoms with Gasteiger partial charge in [0.1, 0.15) is 11.6 Å². The molecule has 2 N–H and O–H groups in total. The van der Waals surface area contributed by atoms with Gasteiger partial charge in [0.05, 0.1) is 0 Å². The third kappa shape index (κ3) is 2.30. The number of halogens is 1. The van der Waals surface area contributed by atoms with Crippen LogP contribution in [0.15, 0.2) is 35.4 Å². The van der Waals surface area contributed by atoms with Gasteiger partial charge in [0, 0.05) is 30.5 Å². The van der Waals surface area contributed by atoms with Crippen LogP contribution in [0, 0.1) is 5.82 Å². The molecule has 104 valence electrons. The Bertz CT molecular complexity index is 695. The summed E-state index contributed by atoms with van der Waals surface area (Å²) in [5.41, 5.74) is 5.44. The quantitative estimate of drug-likeness (QED) is 0.926. The summed E-state index contributed by atoms with van der Waals surface area (Å²) < 4.78 is 20.7. The average Bonchev–Trinajstić information content (AvgIpc) is 3.26. The summed E-state index contributed by atoms with van der Waals surface area (Å²) >= 11 is 0. The average molecular weight is 275 g/mol. The van der Waals surface area contributed by atoms with E-state index in [-0.39, 0.29) is 35.3 Å². The number of ether oxygens (including phenoxy) is 1. The maximum atomic E-state index is 13.6. The number of nitrogens with zero attached hydrogens (tertiary/aromatic N) is 2. The summed E-state index contributed by atoms with van der Waals surface area (Å²) in [6.07, 6.45) is 5.12. The highest BCUT2D eigenvalue weighted by molar-refractivity contribution is 5.36. The van der Waals surface area contributed by atoms with Crippen LogP contribution in [0.25, 0.3) is 0 Å². The van der Waals surface area contributed by atoms with Crippen LogP contribution in [-0.4, -0.2) is 9.55 Å². The highest BCUT2D eigenvalue weighted by atomic mass is 19.1. The molecule has 6 heteroatoms. The van der Waals surface area contributed by atoms with Crippen LogP contribution in [0.5, 0.6) is 11.6 Å². The van der Waals surface area contributed by atoms with E-state index in [1.165, 1.54) is 18.3 Å². The van der Waals surface area contributed by atoms with Gasteiger partial charge in [-0.2, -0.15) is 0 Å². The van der Waals surface area contributed by atoms with Gasteiger partial charge in [-0.15, -0.1) is 0 Å². The second-order valence-corrected chi connectivity index (χ2v) is 4.70. The molecule has 0 aliphatic heterocycles. The van der Waals surface area contributed by atoms with Gasteiger partial charge in [0.25, 0.3) is 5.88 Å². The van der Waals surface area contributed by atoms with Crippen LogP contribution in [0.2, 0.25) is 0 Å². The van der Waals surface area contributed by atoms with Crippen LogP contribution < -0.4 is 16.0 Å². The Kier molecular flexibility index (Phi) is 3.23. The lowest BCUT2D eigenvalue weighted by Gasteiger charge is -2.10. The standard InChI is InChI=1S/C14H14FN3O2/c15-11-2-1-3-12(10(11)8-16)20-13-14(19)18(7-6-17-13)9-4-5-9/h1-3,6-7,9H,4-5,8,16H2. The number of rotatable bonds is 4. The molecule has 2 aromatic rings. The second-order valence-electron chi connectivity index (χ2n) is 4.70. The van der Waals surface area contributed by atoms with E-state index in [4.69, 9.17) is 10.5 Å². The maximum absolute atomic E-state index is 13.6. The Morgan fingerprint density at radius 2 is 2.25 bits per heavy atom. The second kappa shape index (κ2) is 5.05. The smallest absolute Gasteiger partial charge is 0.313 e. The van der Waals surface area contributed by atoms with Gasteiger partial charge < -0.3 is 15.0 Å². The number of hydrogen-bond acceptors (Lipinski definition) is 4. The van der Waals surface area contributed by atoms with Crippen LogP contribution in [-0.2, 0) is 6.54 Å². The van der Waals surface area contributed by atoms with Crippen LogP contribution in [0.4, 0.5) is 4.39 Å². The van der Waals surface area contributed by atoms with Crippen molar-refractivity contribution in [2.45, 2.75) is 25.4 Å². The van der Waals surface area contributed by atoms with Crippen molar-refractivity contribution in [2.75, 3.05) is 0 Å². The highest BCUT2D eigenvalue weighted by Crippen LogP contribution is 2.33. The number of hydrogen-bond donors (Lipinski definition) is 1. The van der Waals surface area contributed by atoms with E-state index in [0.717, 1.165) is 12.8 Å². The van der Waals surface area contributed by atoms with Gasteiger partial charge in [-0.3, -0.25) is 4.79 Å². The molecule has 3 rings (SSSR count). The molecule has 0 amide bonds. The van der Waals surface area contributed by atoms with E-state index in [1.807, 2.05) is 0 Å². The van der Waals surface area contributed by atoms with Crippen LogP contribution in [0.3, 0.4) is 0 Å². The number of benzene rings is 1. The van der Waals surface area contributed by atoms with E-state index >= 15 is 0 Å². The zero-order valence-electron chi connectivity index (χ0n) is 10.8. The molecule has 1 aromatic carbocycles. The van der Waals surface area contributed by atoms with Crippen molar-refractivity contribution in [3.8, 4) is 11.6 Å². The van der Waals surface area contributed by atoms with E-state index in [1.54, 1.807) is 16.8 Å². The SMILES string of the molecule is NCc1c(F)cccc1Oc1nccn(C2CC2)c1=O. The van der Waals surface area contributed by atoms with Crippen molar-refractivity contribution < 1.29 is 9.13 Å². The van der Waals surface area contributed by atoms with Crippen molar-refractivity contribution in [1.29, 1.82) is 0 Å². The first-order chi connectivity index (χ1) is 9.70. The van der Waals surface area contributed by atoms with Gasteiger partial charge in [-0.25, -0.2) is 9.37 Å². The van der Waals surface area contributed by atoms with E-state index in [9.17, 15) is 9.18 Å². The molecular weight excluding hydrogens is 261 g/mol. The predicted molar refractivity (Wildman–Crippen MR) is 71.1 cm³/mol. The molecule has 1 saturated carbocycles. The third-order valence-corrected chi connectivity index (χ3v) is 3.26. The summed E-state index contributed by atoms with van der Waals surface area (Å²) in [7, 11) is 0. The fraction of sp³-hybridized carbons (Fsp3) is 0.286. The van der Waals surface area contributed by atoms with Gasteiger partial charge in [0.2, 0.25) is 0 Å². The zero-order valence-corrected chi connectivity index (χ0v) is 10.8. The molecule has 0 spiro atoms. The summed E-state index contributed by atoms with van der Waals surface area (Å²) in [5, 5.41) is 0. The van der Waals surface area contributed by atoms with E-state index < -0.39 is 5.82 Å². The zero-order chi connectivity index (χ0) is 14.1. The van der Waals surface area contributed by atoms with Crippen LogP contribution in [0.1, 0.15) is 24.4 Å². The van der Waals surface area contributed by atoms with Crippen molar-refractivity contribution >= 4 is 0 Å². The molecule has 1 aliphatic rings. The Balaban J connectivity index is 1.98. The largest absolute Gasteiger partial charge is 0.434 e. The molecule has 0 unspecified atom stereocenters. The Morgan fingerprint density at radius 1 is 1.45 bits per heavy atom. The molecule has 1 heterocycles. The van der Waals surface area contributed by atoms with E-state index in [0.29, 0.717) is 0 Å². The summed E-state index contributed by atoms with van der Waals surface area (Å²) in [5.74, 6) is -0.284. The molecular formula is C14H14FN3O2. The Morgan fingerprint density at radius 3 is 2.95 bits per heavy atom. The fourth-order valence-electron chi connectivity index (χ4n) is 2.05. The highest BCUT2D eigenvalue weighted by Gasteiger charge is 2.25. The molecule has 20 heavy (non-hydrogen) atoms. The lowest BCUT2D eigenvalue weighted by molar-refractivity contribution is 0.434. The first-order valence-electron chi connectivity index (χ1n) is 6.43. The third-order valence-electron chi connectivity index (χ3n) is 3.26. The number of nitrogens with two attached hydrogens (primary N) is 1. The topological polar surface area (TPSA) is 70.1 Å². The molecule has 0 saturated heterocycles. The van der Waals surface area contributed by atoms with Crippen molar-refractivity contribution in [3.63, 3.8) is 0 Å². The fourth-order valence-corrected chi connectivity index (χ4v) is 2.05. The predicted octanol–water partition coefficient (Wildman–Crippen LogP) is 1.97. The maximum Gasteiger partial charge on any atom is 0.313 e. The van der Waals surface area contributed by atoms with Crippen molar-refractivity contribution in [2.24, 2.45) is 5.73 Å². The monoisotopic (exact) mass is 275 g/mol. The molecule has 1 aliphatic carbocycles. The van der Waals surface area contributed by atoms with Gasteiger partial charge in [-0.05, 0) is 25.0 Å². The molecule has 5 nitrogen and oxygen atoms in total. The van der Waals surface area contributed by atoms with Crippen LogP contribution >= 0.6 is 0 Å². The van der Waals surface area contributed by atoms with Gasteiger partial charge >= 0.3 is 5.56 Å². The van der Waals surface area contributed by atoms with E-state index in [2.05, 4.69) is 4.98 Å². The van der Waals surface area contributed by atoms with Crippen molar-refractivity contribution in [3.05, 3.63) is 52.3 Å². The Labute approximate surface area is 114 Å². The minimum atomic E-state index is -0.455. The lowest BCUT2D eigenvalue weighted by Crippen LogP contribution is -2.21. The summed E-state index contributed by atoms with van der Waals surface area (Å²) in [6.45, 7) is -0.00828. The van der Waals surface area contributed by atoms with Gasteiger partial charge in [-0.1, -0.05) is 6.07 Å². The van der Waals surface area contributed by atoms with Crippen molar-refractivity contribution in [1.82, 2.24) is 9.55 Å². The first-order valence-corrected chi connectivity index (χ1v) is 6.43. The van der Waals surface area contributed by atoms with Gasteiger partial charge in [0.15, 0.2) is 0 Å². The summed E-state index contributed by atoms with van der Waals surface area (Å²) in [4.78, 5) is 16.1. The minimum Gasteiger partial charge on any atom is -0.434 e. The first kappa shape index (κ1) is 12.8. The summed E-state index contributed by atoms with van der Waals surface area (Å²) in [6, 6.07) is 4.61. The normalized spacial score (nSPS) is 14.3. The lowest BCUT2D eigenvalue weighted by atomic mass is 10.2. The molecule has 1 aromatic heterocycles. The minimum absolute atomic E-state index is 0.00828.